The maximum atomic E-state index is 8.53. The van der Waals surface area contributed by atoms with Crippen LogP contribution in [0.15, 0.2) is 0 Å². The maximum absolute atomic E-state index is 8.53. The van der Waals surface area contributed by atoms with Gasteiger partial charge in [-0.2, -0.15) is 0 Å². The average Bonchev–Trinajstić information content (AvgIpc) is 1.94. The Labute approximate surface area is 167 Å². The molecule has 0 aromatic carbocycles. The zero-order chi connectivity index (χ0) is 17.9. The first kappa shape index (κ1) is 43.7. The van der Waals surface area contributed by atoms with Crippen LogP contribution in [0.5, 0.6) is 0 Å². The van der Waals surface area contributed by atoms with Crippen molar-refractivity contribution in [2.24, 2.45) is 0 Å². The molecule has 0 aliphatic heterocycles. The third kappa shape index (κ3) is 3600. The Balaban J connectivity index is -0.0000000250. The molecule has 0 radical (unpaired) electrons. The molecule has 0 aromatic heterocycles. The molecule has 0 atom stereocenters. The van der Waals surface area contributed by atoms with Crippen molar-refractivity contribution in [2.75, 3.05) is 0 Å². The van der Waals surface area contributed by atoms with E-state index in [2.05, 4.69) is 0 Å². The van der Waals surface area contributed by atoms with Gasteiger partial charge in [-0.05, 0) is 0 Å². The molecule has 0 aliphatic rings. The Morgan fingerprint density at radius 3 is 0.455 bits per heavy atom. The predicted molar refractivity (Wildman–Crippen MR) is 56.7 cm³/mol. The van der Waals surface area contributed by atoms with Crippen molar-refractivity contribution in [1.82, 2.24) is 0 Å². The minimum absolute atomic E-state index is 0. The fourth-order valence-corrected chi connectivity index (χ4v) is 0. The molecule has 0 bridgehead atoms. The van der Waals surface area contributed by atoms with Crippen molar-refractivity contribution in [3.8, 4) is 0 Å². The maximum Gasteiger partial charge on any atom is 3.00 e. The Bertz CT molecular complexity index is 86.5. The van der Waals surface area contributed by atoms with E-state index in [0.717, 1.165) is 0 Å². The molecule has 0 rings (SSSR count). The van der Waals surface area contributed by atoms with Crippen molar-refractivity contribution >= 4 is 59.7 Å². The first-order valence-corrected chi connectivity index (χ1v) is 3.76. The standard InChI is InChI=1S/3BH3O3.BHO3.BO3.Mg.Y/c5*2-1(3)4;;/h3*2-4H;2H;;;/q;;;-2;-3;+2;+3. The van der Waals surface area contributed by atoms with Crippen LogP contribution in [0.4, 0.5) is 0 Å². The molecule has 0 fully saturated rings. The van der Waals surface area contributed by atoms with Crippen LogP contribution in [0.3, 0.4) is 0 Å². The van der Waals surface area contributed by atoms with Crippen molar-refractivity contribution in [3.63, 3.8) is 0 Å². The van der Waals surface area contributed by atoms with Crippen LogP contribution >= 0.6 is 0 Å². The molecular formula is H10B5MgO15Y. The smallest absolute Gasteiger partial charge is 0.907 e. The fourth-order valence-electron chi connectivity index (χ4n) is 0. The molecule has 0 aromatic rings. The van der Waals surface area contributed by atoms with Gasteiger partial charge in [-0.1, -0.05) is 0 Å². The number of hydrogen-bond acceptors (Lipinski definition) is 15. The molecule has 0 unspecified atom stereocenters. The SMILES string of the molecule is OB(O)O.OB(O)O.OB(O)O.[Mg+2].[O-]B([O-])O.[O-]B([O-])[O-].[Y+3]. The van der Waals surface area contributed by atoms with Gasteiger partial charge in [0.05, 0.1) is 7.32 Å². The summed E-state index contributed by atoms with van der Waals surface area (Å²) in [4.78, 5) is 0. The van der Waals surface area contributed by atoms with Gasteiger partial charge in [-0.15, -0.1) is 0 Å². The molecule has 10 N–H and O–H groups in total. The Kier molecular flexibility index (Phi) is 76.1. The van der Waals surface area contributed by atoms with Crippen LogP contribution in [0.2, 0.25) is 0 Å². The molecule has 22 heteroatoms. The monoisotopic (exact) mass is 418 g/mol. The molecule has 15 nitrogen and oxygen atoms in total. The Morgan fingerprint density at radius 2 is 0.455 bits per heavy atom. The van der Waals surface area contributed by atoms with Gasteiger partial charge in [0.1, 0.15) is 0 Å². The molecule has 0 amide bonds. The molecule has 0 aliphatic carbocycles. The third-order valence-corrected chi connectivity index (χ3v) is 0. The fraction of sp³-hybridized carbons (Fsp3) is 0. The van der Waals surface area contributed by atoms with Gasteiger partial charge in [0.25, 0.3) is 0 Å². The average molecular weight is 417 g/mol. The van der Waals surface area contributed by atoms with Gasteiger partial charge in [0, 0.05) is 0 Å². The summed E-state index contributed by atoms with van der Waals surface area (Å²) >= 11 is 0. The topological polar surface area (TPSA) is 318 Å². The second kappa shape index (κ2) is 38.3. The Morgan fingerprint density at radius 1 is 0.455 bits per heavy atom. The van der Waals surface area contributed by atoms with Gasteiger partial charge in [-0.3, -0.25) is 7.32 Å². The van der Waals surface area contributed by atoms with Gasteiger partial charge in [-0.25, -0.2) is 0 Å². The van der Waals surface area contributed by atoms with E-state index in [1.807, 2.05) is 0 Å². The van der Waals surface area contributed by atoms with Crippen LogP contribution in [0.25, 0.3) is 0 Å². The zero-order valence-electron chi connectivity index (χ0n) is 10.7. The predicted octanol–water partition coefficient (Wildman–Crippen LogP) is -13.8. The summed E-state index contributed by atoms with van der Waals surface area (Å²) in [6, 6.07) is 0. The van der Waals surface area contributed by atoms with E-state index in [-0.39, 0.29) is 55.8 Å². The molecule has 120 valence electrons. The minimum atomic E-state index is -2.92. The number of rotatable bonds is 0. The summed E-state index contributed by atoms with van der Waals surface area (Å²) in [5, 5.41) is 114. The van der Waals surface area contributed by atoms with Crippen LogP contribution < -0.4 is 25.1 Å². The van der Waals surface area contributed by atoms with E-state index in [9.17, 15) is 0 Å². The van der Waals surface area contributed by atoms with E-state index < -0.39 is 36.6 Å². The summed E-state index contributed by atoms with van der Waals surface area (Å²) in [5.74, 6) is 0. The van der Waals surface area contributed by atoms with Gasteiger partial charge < -0.3 is 75.4 Å². The van der Waals surface area contributed by atoms with Gasteiger partial charge in [0.2, 0.25) is 0 Å². The van der Waals surface area contributed by atoms with Crippen molar-refractivity contribution in [3.05, 3.63) is 0 Å². The van der Waals surface area contributed by atoms with E-state index in [1.165, 1.54) is 0 Å². The molecule has 0 heterocycles. The van der Waals surface area contributed by atoms with E-state index in [4.69, 9.17) is 75.4 Å². The molecular weight excluding hydrogens is 407 g/mol. The first-order chi connectivity index (χ1) is 8.66. The van der Waals surface area contributed by atoms with Crippen LogP contribution in [-0.2, 0) is 32.7 Å². The quantitative estimate of drug-likeness (QED) is 0.163. The molecule has 0 saturated carbocycles. The van der Waals surface area contributed by atoms with Gasteiger partial charge in [0.15, 0.2) is 0 Å². The third-order valence-electron chi connectivity index (χ3n) is 0. The summed E-state index contributed by atoms with van der Waals surface area (Å²) in [6.45, 7) is 0. The van der Waals surface area contributed by atoms with Crippen LogP contribution in [0.1, 0.15) is 0 Å². The van der Waals surface area contributed by atoms with Crippen molar-refractivity contribution in [1.29, 1.82) is 0 Å². The molecule has 0 saturated heterocycles. The van der Waals surface area contributed by atoms with Crippen molar-refractivity contribution < 1.29 is 108 Å². The summed E-state index contributed by atoms with van der Waals surface area (Å²) < 4.78 is 0. The van der Waals surface area contributed by atoms with Crippen LogP contribution in [-0.4, -0.2) is 110 Å². The van der Waals surface area contributed by atoms with Crippen LogP contribution in [0, 0.1) is 0 Å². The summed E-state index contributed by atoms with van der Waals surface area (Å²) in [6.07, 6.45) is 0. The van der Waals surface area contributed by atoms with E-state index in [1.54, 1.807) is 0 Å². The van der Waals surface area contributed by atoms with Crippen molar-refractivity contribution in [2.45, 2.75) is 0 Å². The Hall–Kier alpha value is 1.59. The van der Waals surface area contributed by atoms with E-state index in [0.29, 0.717) is 0 Å². The zero-order valence-corrected chi connectivity index (χ0v) is 14.9. The summed E-state index contributed by atoms with van der Waals surface area (Å²) in [5.41, 5.74) is 0. The normalized spacial score (nSPS) is 6.14. The summed E-state index contributed by atoms with van der Waals surface area (Å²) in [7, 11) is -12.1. The van der Waals surface area contributed by atoms with Gasteiger partial charge >= 0.3 is 77.7 Å². The second-order valence-electron chi connectivity index (χ2n) is 1.63. The minimum Gasteiger partial charge on any atom is -0.907 e. The second-order valence-corrected chi connectivity index (χ2v) is 1.63. The first-order valence-electron chi connectivity index (χ1n) is 3.76. The number of hydrogen-bond donors (Lipinski definition) is 10. The largest absolute Gasteiger partial charge is 3.00 e. The van der Waals surface area contributed by atoms with E-state index >= 15 is 0 Å². The molecule has 0 spiro atoms. The molecule has 22 heavy (non-hydrogen) atoms.